The van der Waals surface area contributed by atoms with Gasteiger partial charge < -0.3 is 10.1 Å². The van der Waals surface area contributed by atoms with Crippen LogP contribution in [-0.2, 0) is 11.2 Å². The van der Waals surface area contributed by atoms with Gasteiger partial charge in [0.15, 0.2) is 5.78 Å². The molecular formula is C22H27NO3. The van der Waals surface area contributed by atoms with E-state index in [2.05, 4.69) is 36.5 Å². The number of amides is 1. The molecule has 0 atom stereocenters. The van der Waals surface area contributed by atoms with Crippen LogP contribution in [0.3, 0.4) is 0 Å². The van der Waals surface area contributed by atoms with Crippen LogP contribution in [-0.4, -0.2) is 24.3 Å². The zero-order chi connectivity index (χ0) is 19.2. The quantitative estimate of drug-likeness (QED) is 0.727. The predicted octanol–water partition coefficient (Wildman–Crippen LogP) is 4.10. The van der Waals surface area contributed by atoms with Crippen molar-refractivity contribution in [2.45, 2.75) is 45.6 Å². The van der Waals surface area contributed by atoms with Gasteiger partial charge in [-0.2, -0.15) is 0 Å². The van der Waals surface area contributed by atoms with Gasteiger partial charge in [0.2, 0.25) is 5.91 Å². The minimum absolute atomic E-state index is 0.0425. The molecule has 0 saturated heterocycles. The molecule has 0 unspecified atom stereocenters. The Hall–Kier alpha value is -2.62. The first-order chi connectivity index (χ1) is 12.3. The molecule has 0 aromatic heterocycles. The number of benzene rings is 2. The standard InChI is InChI=1S/C22H27NO3/c1-16-5-7-17(8-6-16)15-22(2,3)23-21(25)14-13-20(24)18-9-11-19(26-4)12-10-18/h5-12H,13-15H2,1-4H3,(H,23,25). The zero-order valence-electron chi connectivity index (χ0n) is 16.0. The molecule has 0 aliphatic carbocycles. The lowest BCUT2D eigenvalue weighted by Crippen LogP contribution is -2.45. The lowest BCUT2D eigenvalue weighted by atomic mass is 9.94. The van der Waals surface area contributed by atoms with Gasteiger partial charge in [0, 0.05) is 23.9 Å². The zero-order valence-corrected chi connectivity index (χ0v) is 16.0. The third-order valence-electron chi connectivity index (χ3n) is 4.24. The number of carbonyl (C=O) groups is 2. The number of ketones is 1. The van der Waals surface area contributed by atoms with Crippen LogP contribution in [0.15, 0.2) is 48.5 Å². The minimum Gasteiger partial charge on any atom is -0.497 e. The molecule has 26 heavy (non-hydrogen) atoms. The predicted molar refractivity (Wildman–Crippen MR) is 104 cm³/mol. The van der Waals surface area contributed by atoms with Gasteiger partial charge in [-0.1, -0.05) is 29.8 Å². The van der Waals surface area contributed by atoms with Crippen molar-refractivity contribution < 1.29 is 14.3 Å². The summed E-state index contributed by atoms with van der Waals surface area (Å²) in [5.41, 5.74) is 2.62. The number of rotatable bonds is 8. The highest BCUT2D eigenvalue weighted by Gasteiger charge is 2.21. The van der Waals surface area contributed by atoms with Gasteiger partial charge in [-0.05, 0) is 57.0 Å². The van der Waals surface area contributed by atoms with Crippen molar-refractivity contribution in [3.05, 3.63) is 65.2 Å². The first-order valence-corrected chi connectivity index (χ1v) is 8.83. The third kappa shape index (κ3) is 6.03. The maximum Gasteiger partial charge on any atom is 0.220 e. The van der Waals surface area contributed by atoms with Crippen LogP contribution >= 0.6 is 0 Å². The van der Waals surface area contributed by atoms with E-state index in [-0.39, 0.29) is 30.1 Å². The highest BCUT2D eigenvalue weighted by Crippen LogP contribution is 2.15. The number of aryl methyl sites for hydroxylation is 1. The molecule has 0 aliphatic heterocycles. The number of ether oxygens (including phenoxy) is 1. The van der Waals surface area contributed by atoms with Gasteiger partial charge in [0.1, 0.15) is 5.75 Å². The number of hydrogen-bond acceptors (Lipinski definition) is 3. The summed E-state index contributed by atoms with van der Waals surface area (Å²) < 4.78 is 5.08. The normalized spacial score (nSPS) is 11.1. The topological polar surface area (TPSA) is 55.4 Å². The second-order valence-corrected chi connectivity index (χ2v) is 7.25. The minimum atomic E-state index is -0.366. The molecule has 0 spiro atoms. The van der Waals surface area contributed by atoms with Crippen molar-refractivity contribution in [3.63, 3.8) is 0 Å². The lowest BCUT2D eigenvalue weighted by molar-refractivity contribution is -0.122. The number of hydrogen-bond donors (Lipinski definition) is 1. The largest absolute Gasteiger partial charge is 0.497 e. The molecule has 4 nitrogen and oxygen atoms in total. The molecule has 2 aromatic carbocycles. The Labute approximate surface area is 155 Å². The molecule has 1 amide bonds. The highest BCUT2D eigenvalue weighted by atomic mass is 16.5. The van der Waals surface area contributed by atoms with Crippen LogP contribution in [0.5, 0.6) is 5.75 Å². The maximum absolute atomic E-state index is 12.3. The van der Waals surface area contributed by atoms with Gasteiger partial charge in [-0.3, -0.25) is 9.59 Å². The first kappa shape index (κ1) is 19.7. The molecule has 2 aromatic rings. The van der Waals surface area contributed by atoms with Crippen LogP contribution in [0.1, 0.15) is 48.2 Å². The van der Waals surface area contributed by atoms with E-state index in [4.69, 9.17) is 4.74 Å². The summed E-state index contributed by atoms with van der Waals surface area (Å²) in [6.07, 6.45) is 1.12. The molecule has 0 aliphatic rings. The first-order valence-electron chi connectivity index (χ1n) is 8.83. The smallest absolute Gasteiger partial charge is 0.220 e. The fraction of sp³-hybridized carbons (Fsp3) is 0.364. The molecule has 0 heterocycles. The summed E-state index contributed by atoms with van der Waals surface area (Å²) >= 11 is 0. The van der Waals surface area contributed by atoms with E-state index < -0.39 is 0 Å². The Balaban J connectivity index is 1.84. The molecule has 4 heteroatoms. The van der Waals surface area contributed by atoms with E-state index in [1.54, 1.807) is 31.4 Å². The van der Waals surface area contributed by atoms with Crippen LogP contribution in [0, 0.1) is 6.92 Å². The second kappa shape index (κ2) is 8.65. The number of Topliss-reactive ketones (excluding diaryl/α,β-unsaturated/α-hetero) is 1. The molecule has 0 bridgehead atoms. The van der Waals surface area contributed by atoms with E-state index in [1.165, 1.54) is 11.1 Å². The Morgan fingerprint density at radius 3 is 2.15 bits per heavy atom. The van der Waals surface area contributed by atoms with E-state index in [0.717, 1.165) is 6.42 Å². The fourth-order valence-electron chi connectivity index (χ4n) is 2.85. The van der Waals surface area contributed by atoms with Crippen LogP contribution < -0.4 is 10.1 Å². The SMILES string of the molecule is COc1ccc(C(=O)CCC(=O)NC(C)(C)Cc2ccc(C)cc2)cc1. The van der Waals surface area contributed by atoms with Crippen molar-refractivity contribution in [1.29, 1.82) is 0 Å². The van der Waals surface area contributed by atoms with E-state index in [9.17, 15) is 9.59 Å². The van der Waals surface area contributed by atoms with Gasteiger partial charge in [-0.25, -0.2) is 0 Å². The summed E-state index contributed by atoms with van der Waals surface area (Å²) in [4.78, 5) is 24.5. The Morgan fingerprint density at radius 2 is 1.58 bits per heavy atom. The summed E-state index contributed by atoms with van der Waals surface area (Å²) in [7, 11) is 1.58. The summed E-state index contributed by atoms with van der Waals surface area (Å²) in [5, 5.41) is 3.03. The molecule has 1 N–H and O–H groups in total. The third-order valence-corrected chi connectivity index (χ3v) is 4.24. The Bertz CT molecular complexity index is 746. The number of methoxy groups -OCH3 is 1. The lowest BCUT2D eigenvalue weighted by Gasteiger charge is -2.26. The average Bonchev–Trinajstić information content (AvgIpc) is 2.61. The van der Waals surface area contributed by atoms with Crippen molar-refractivity contribution >= 4 is 11.7 Å². The highest BCUT2D eigenvalue weighted by molar-refractivity contribution is 5.98. The summed E-state index contributed by atoms with van der Waals surface area (Å²) in [5.74, 6) is 0.556. The van der Waals surface area contributed by atoms with Crippen LogP contribution in [0.25, 0.3) is 0 Å². The molecule has 0 saturated carbocycles. The van der Waals surface area contributed by atoms with E-state index in [1.807, 2.05) is 13.8 Å². The van der Waals surface area contributed by atoms with E-state index in [0.29, 0.717) is 11.3 Å². The molecular weight excluding hydrogens is 326 g/mol. The molecule has 138 valence electrons. The second-order valence-electron chi connectivity index (χ2n) is 7.25. The summed E-state index contributed by atoms with van der Waals surface area (Å²) in [6, 6.07) is 15.2. The average molecular weight is 353 g/mol. The molecule has 0 radical (unpaired) electrons. The number of carbonyl (C=O) groups excluding carboxylic acids is 2. The van der Waals surface area contributed by atoms with Gasteiger partial charge >= 0.3 is 0 Å². The fourth-order valence-corrected chi connectivity index (χ4v) is 2.85. The van der Waals surface area contributed by atoms with Crippen LogP contribution in [0.2, 0.25) is 0 Å². The maximum atomic E-state index is 12.3. The van der Waals surface area contributed by atoms with Gasteiger partial charge in [-0.15, -0.1) is 0 Å². The Morgan fingerprint density at radius 1 is 0.962 bits per heavy atom. The van der Waals surface area contributed by atoms with Crippen molar-refractivity contribution in [3.8, 4) is 5.75 Å². The van der Waals surface area contributed by atoms with Gasteiger partial charge in [0.05, 0.1) is 7.11 Å². The molecule has 0 fully saturated rings. The Kier molecular flexibility index (Phi) is 6.56. The van der Waals surface area contributed by atoms with E-state index >= 15 is 0 Å². The van der Waals surface area contributed by atoms with Crippen LogP contribution in [0.4, 0.5) is 0 Å². The van der Waals surface area contributed by atoms with Crippen molar-refractivity contribution in [1.82, 2.24) is 5.32 Å². The monoisotopic (exact) mass is 353 g/mol. The van der Waals surface area contributed by atoms with Crippen molar-refractivity contribution in [2.75, 3.05) is 7.11 Å². The molecule has 2 rings (SSSR count). The summed E-state index contributed by atoms with van der Waals surface area (Å²) in [6.45, 7) is 6.04. The number of nitrogens with one attached hydrogen (secondary N) is 1. The van der Waals surface area contributed by atoms with Gasteiger partial charge in [0.25, 0.3) is 0 Å². The van der Waals surface area contributed by atoms with Crippen molar-refractivity contribution in [2.24, 2.45) is 0 Å².